The van der Waals surface area contributed by atoms with Gasteiger partial charge in [0, 0.05) is 29.8 Å². The Bertz CT molecular complexity index is 3020. The molecular weight excluding hydrogens is 1120 g/mol. The third kappa shape index (κ3) is 13.5. The molecule has 29 nitrogen and oxygen atoms in total. The lowest BCUT2D eigenvalue weighted by molar-refractivity contribution is -0.293. The molecule has 456 valence electrons. The lowest BCUT2D eigenvalue weighted by Crippen LogP contribution is -2.60. The summed E-state index contributed by atoms with van der Waals surface area (Å²) in [6.45, 7) is -2.23. The average Bonchev–Trinajstić information content (AvgIpc) is 2.98. The smallest absolute Gasteiger partial charge is 0.330 e. The number of aliphatic hydroxyl groups is 10. The fourth-order valence-corrected chi connectivity index (χ4v) is 9.05. The molecule has 29 heteroatoms. The molecule has 4 aromatic rings. The Labute approximate surface area is 476 Å². The number of aliphatic hydroxyl groups excluding tert-OH is 10. The van der Waals surface area contributed by atoms with Crippen LogP contribution in [0.3, 0.4) is 0 Å². The van der Waals surface area contributed by atoms with E-state index in [4.69, 9.17) is 61.6 Å². The van der Waals surface area contributed by atoms with Crippen LogP contribution < -0.4 is 33.2 Å². The molecule has 16 atom stereocenters. The number of rotatable bonds is 20. The first kappa shape index (κ1) is 62.2. The van der Waals surface area contributed by atoms with E-state index in [9.17, 15) is 81.1 Å². The minimum absolute atomic E-state index is 0.0000168. The predicted molar refractivity (Wildman–Crippen MR) is 279 cm³/mol. The Hall–Kier alpha value is -7.88. The predicted octanol–water partition coefficient (Wildman–Crippen LogP) is -1.28. The van der Waals surface area contributed by atoms with Gasteiger partial charge in [-0.1, -0.05) is 6.07 Å². The maximum Gasteiger partial charge on any atom is 0.330 e. The van der Waals surface area contributed by atoms with Crippen LogP contribution in [0.25, 0.3) is 18.2 Å². The summed E-state index contributed by atoms with van der Waals surface area (Å²) in [6.07, 6.45) is -23.0. The molecule has 4 aliphatic heterocycles. The van der Waals surface area contributed by atoms with Gasteiger partial charge in [-0.3, -0.25) is 0 Å². The minimum atomic E-state index is -2.00. The summed E-state index contributed by atoms with van der Waals surface area (Å²) in [5.41, 5.74) is 0.589. The molecular formula is C55H62O29. The molecule has 0 saturated carbocycles. The molecule has 4 aliphatic rings. The SMILES string of the molecule is COc1cc(C=CC(=O)OCC2OC(Oc3cc(O)c4c(c3)OC(c3ccc(O)c(OC5OC(COC(=O)C=Cc6cc(OC)c(O)c(OC)c6)C(O)C(O)C5O)c3)C(OC3OC(CO)C(O)C(O)C3O)=C4)C(O)C(O)C2O)cc(OC)c1O. The third-order valence-corrected chi connectivity index (χ3v) is 13.7. The summed E-state index contributed by atoms with van der Waals surface area (Å²) in [7, 11) is 5.25. The topological polar surface area (TPSA) is 437 Å². The molecule has 0 spiro atoms. The zero-order valence-corrected chi connectivity index (χ0v) is 44.8. The van der Waals surface area contributed by atoms with Crippen molar-refractivity contribution in [3.8, 4) is 63.2 Å². The highest BCUT2D eigenvalue weighted by Gasteiger charge is 2.49. The van der Waals surface area contributed by atoms with Crippen LogP contribution in [0, 0.1) is 0 Å². The van der Waals surface area contributed by atoms with Crippen molar-refractivity contribution < 1.29 is 143 Å². The van der Waals surface area contributed by atoms with Gasteiger partial charge in [0.1, 0.15) is 109 Å². The molecule has 0 aromatic heterocycles. The number of benzene rings is 4. The molecule has 3 fully saturated rings. The number of methoxy groups -OCH3 is 4. The van der Waals surface area contributed by atoms with Crippen LogP contribution in [0.2, 0.25) is 0 Å². The number of phenolic OH excluding ortho intramolecular Hbond substituents is 4. The average molecular weight is 1190 g/mol. The van der Waals surface area contributed by atoms with Gasteiger partial charge >= 0.3 is 11.9 Å². The second-order valence-corrected chi connectivity index (χ2v) is 19.2. The molecule has 4 heterocycles. The molecule has 8 rings (SSSR count). The number of esters is 2. The van der Waals surface area contributed by atoms with Crippen LogP contribution in [0.15, 0.2) is 72.5 Å². The lowest BCUT2D eigenvalue weighted by Gasteiger charge is -2.41. The van der Waals surface area contributed by atoms with Crippen molar-refractivity contribution in [1.82, 2.24) is 0 Å². The van der Waals surface area contributed by atoms with E-state index >= 15 is 0 Å². The van der Waals surface area contributed by atoms with Crippen LogP contribution >= 0.6 is 0 Å². The number of carbonyl (C=O) groups excluding carboxylic acids is 2. The van der Waals surface area contributed by atoms with Crippen LogP contribution in [0.4, 0.5) is 0 Å². The molecule has 3 saturated heterocycles. The van der Waals surface area contributed by atoms with Gasteiger partial charge < -0.3 is 133 Å². The normalized spacial score (nSPS) is 29.4. The van der Waals surface area contributed by atoms with Crippen molar-refractivity contribution in [2.24, 2.45) is 0 Å². The maximum absolute atomic E-state index is 12.8. The monoisotopic (exact) mass is 1190 g/mol. The summed E-state index contributed by atoms with van der Waals surface area (Å²) in [4.78, 5) is 25.6. The number of hydrogen-bond acceptors (Lipinski definition) is 29. The number of phenols is 4. The second kappa shape index (κ2) is 26.8. The lowest BCUT2D eigenvalue weighted by atomic mass is 9.98. The number of aromatic hydroxyl groups is 4. The number of carbonyl (C=O) groups is 2. The van der Waals surface area contributed by atoms with E-state index in [0.717, 1.165) is 30.4 Å². The summed E-state index contributed by atoms with van der Waals surface area (Å²) in [6, 6.07) is 11.4. The highest BCUT2D eigenvalue weighted by atomic mass is 16.7. The summed E-state index contributed by atoms with van der Waals surface area (Å²) in [5, 5.41) is 150. The highest BCUT2D eigenvalue weighted by Crippen LogP contribution is 2.47. The summed E-state index contributed by atoms with van der Waals surface area (Å²) < 4.78 is 72.2. The number of hydrogen-bond donors (Lipinski definition) is 14. The maximum atomic E-state index is 12.8. The zero-order valence-electron chi connectivity index (χ0n) is 44.8. The van der Waals surface area contributed by atoms with Gasteiger partial charge in [0.15, 0.2) is 40.6 Å². The van der Waals surface area contributed by atoms with Crippen molar-refractivity contribution in [2.45, 2.75) is 98.2 Å². The Kier molecular flexibility index (Phi) is 19.8. The Morgan fingerprint density at radius 2 is 0.940 bits per heavy atom. The summed E-state index contributed by atoms with van der Waals surface area (Å²) in [5.74, 6) is -4.75. The fourth-order valence-electron chi connectivity index (χ4n) is 9.05. The van der Waals surface area contributed by atoms with Crippen molar-refractivity contribution in [1.29, 1.82) is 0 Å². The van der Waals surface area contributed by atoms with Gasteiger partial charge in [-0.25, -0.2) is 9.59 Å². The highest BCUT2D eigenvalue weighted by molar-refractivity contribution is 5.88. The number of fused-ring (bicyclic) bond motifs is 1. The van der Waals surface area contributed by atoms with E-state index < -0.39 is 147 Å². The van der Waals surface area contributed by atoms with Crippen LogP contribution in [-0.2, 0) is 38.0 Å². The van der Waals surface area contributed by atoms with E-state index in [2.05, 4.69) is 0 Å². The summed E-state index contributed by atoms with van der Waals surface area (Å²) >= 11 is 0. The van der Waals surface area contributed by atoms with Crippen molar-refractivity contribution >= 4 is 30.2 Å². The Morgan fingerprint density at radius 3 is 1.40 bits per heavy atom. The Balaban J connectivity index is 1.01. The van der Waals surface area contributed by atoms with Crippen molar-refractivity contribution in [3.63, 3.8) is 0 Å². The first-order valence-electron chi connectivity index (χ1n) is 25.5. The van der Waals surface area contributed by atoms with Gasteiger partial charge in [-0.15, -0.1) is 0 Å². The van der Waals surface area contributed by atoms with E-state index in [-0.39, 0.29) is 62.9 Å². The van der Waals surface area contributed by atoms with Crippen LogP contribution in [-0.4, -0.2) is 224 Å². The number of ether oxygens (including phenoxy) is 13. The molecule has 0 bridgehead atoms. The van der Waals surface area contributed by atoms with E-state index in [0.29, 0.717) is 11.1 Å². The van der Waals surface area contributed by atoms with E-state index in [1.165, 1.54) is 83.1 Å². The molecule has 14 N–H and O–H groups in total. The standard InChI is InChI=1S/C55H62O29/c1-72-31-11-22(12-32(73-2)41(31)61)5-9-39(59)76-20-37-44(64)47(67)49(69)53(83-37)78-25-16-28(58)26-18-35(81-55-50(70)46(66)43(63)36(19-56)82-55)52(79-29(26)17-25)24-7-8-27(57)30(15-24)80-54-51(71)48(68)45(65)38(84-54)21-77-40(60)10-6-23-13-33(74-3)42(62)34(14-23)75-4/h5-18,36-38,43-58,61-71H,19-21H2,1-4H3. The van der Waals surface area contributed by atoms with Crippen LogP contribution in [0.1, 0.15) is 28.4 Å². The molecule has 84 heavy (non-hydrogen) atoms. The first-order chi connectivity index (χ1) is 40.1. The van der Waals surface area contributed by atoms with E-state index in [1.54, 1.807) is 0 Å². The van der Waals surface area contributed by atoms with Crippen LogP contribution in [0.5, 0.6) is 63.2 Å². The molecule has 16 unspecified atom stereocenters. The second-order valence-electron chi connectivity index (χ2n) is 19.2. The Morgan fingerprint density at radius 1 is 0.500 bits per heavy atom. The molecule has 0 aliphatic carbocycles. The van der Waals surface area contributed by atoms with E-state index in [1.807, 2.05) is 0 Å². The zero-order chi connectivity index (χ0) is 60.8. The molecule has 0 radical (unpaired) electrons. The fraction of sp³-hybridized carbons (Fsp3) is 0.418. The minimum Gasteiger partial charge on any atom is -0.507 e. The third-order valence-electron chi connectivity index (χ3n) is 13.7. The molecule has 4 aromatic carbocycles. The van der Waals surface area contributed by atoms with Gasteiger partial charge in [-0.2, -0.15) is 0 Å². The first-order valence-corrected chi connectivity index (χ1v) is 25.5. The van der Waals surface area contributed by atoms with Gasteiger partial charge in [0.05, 0.1) is 40.6 Å². The van der Waals surface area contributed by atoms with Gasteiger partial charge in [-0.05, 0) is 65.8 Å². The van der Waals surface area contributed by atoms with Crippen molar-refractivity contribution in [3.05, 3.63) is 94.8 Å². The quantitative estimate of drug-likeness (QED) is 0.0362. The molecule has 0 amide bonds. The van der Waals surface area contributed by atoms with Crippen molar-refractivity contribution in [2.75, 3.05) is 48.3 Å². The van der Waals surface area contributed by atoms with Gasteiger partial charge in [0.25, 0.3) is 0 Å². The van der Waals surface area contributed by atoms with Gasteiger partial charge in [0.2, 0.25) is 30.4 Å². The largest absolute Gasteiger partial charge is 0.507 e.